The molecule has 1 aromatic rings. The second kappa shape index (κ2) is 6.67. The molecule has 0 saturated carbocycles. The maximum Gasteiger partial charge on any atom is 0.288 e. The SMILES string of the molecule is O=C(NCC1CCCCO1)c1cccc([N+](=O)[O-])c1Cl. The fraction of sp³-hybridized carbons (Fsp3) is 0.462. The number of halogens is 1. The molecule has 20 heavy (non-hydrogen) atoms. The first-order valence-electron chi connectivity index (χ1n) is 6.42. The smallest absolute Gasteiger partial charge is 0.288 e. The molecule has 0 spiro atoms. The van der Waals surface area contributed by atoms with Gasteiger partial charge in [-0.1, -0.05) is 17.7 Å². The molecule has 1 aliphatic rings. The maximum atomic E-state index is 12.0. The van der Waals surface area contributed by atoms with Gasteiger partial charge in [-0.25, -0.2) is 0 Å². The number of amides is 1. The molecule has 1 heterocycles. The number of rotatable bonds is 4. The van der Waals surface area contributed by atoms with E-state index < -0.39 is 10.8 Å². The summed E-state index contributed by atoms with van der Waals surface area (Å²) >= 11 is 5.89. The van der Waals surface area contributed by atoms with Gasteiger partial charge in [0.1, 0.15) is 5.02 Å². The normalized spacial score (nSPS) is 18.6. The van der Waals surface area contributed by atoms with Crippen LogP contribution in [-0.4, -0.2) is 30.1 Å². The summed E-state index contributed by atoms with van der Waals surface area (Å²) in [6, 6.07) is 4.17. The van der Waals surface area contributed by atoms with E-state index in [9.17, 15) is 14.9 Å². The third-order valence-corrected chi connectivity index (χ3v) is 3.58. The Morgan fingerprint density at radius 3 is 2.95 bits per heavy atom. The lowest BCUT2D eigenvalue weighted by molar-refractivity contribution is -0.384. The Balaban J connectivity index is 2.01. The summed E-state index contributed by atoms with van der Waals surface area (Å²) in [5.41, 5.74) is -0.162. The lowest BCUT2D eigenvalue weighted by atomic mass is 10.1. The molecule has 1 atom stereocenters. The van der Waals surface area contributed by atoms with Crippen LogP contribution < -0.4 is 5.32 Å². The first-order chi connectivity index (χ1) is 9.59. The van der Waals surface area contributed by atoms with E-state index in [4.69, 9.17) is 16.3 Å². The Morgan fingerprint density at radius 2 is 2.30 bits per heavy atom. The number of nitrogens with one attached hydrogen (secondary N) is 1. The van der Waals surface area contributed by atoms with Crippen molar-refractivity contribution < 1.29 is 14.5 Å². The van der Waals surface area contributed by atoms with Crippen LogP contribution in [0.3, 0.4) is 0 Å². The quantitative estimate of drug-likeness (QED) is 0.684. The molecule has 0 aliphatic carbocycles. The minimum atomic E-state index is -0.608. The minimum Gasteiger partial charge on any atom is -0.376 e. The lowest BCUT2D eigenvalue weighted by Gasteiger charge is -2.22. The third kappa shape index (κ3) is 3.46. The number of benzene rings is 1. The summed E-state index contributed by atoms with van der Waals surface area (Å²) < 4.78 is 5.50. The Labute approximate surface area is 121 Å². The van der Waals surface area contributed by atoms with Crippen molar-refractivity contribution in [2.75, 3.05) is 13.2 Å². The van der Waals surface area contributed by atoms with E-state index in [0.29, 0.717) is 13.2 Å². The van der Waals surface area contributed by atoms with Crippen molar-refractivity contribution in [2.45, 2.75) is 25.4 Å². The van der Waals surface area contributed by atoms with E-state index in [1.54, 1.807) is 0 Å². The van der Waals surface area contributed by atoms with E-state index in [1.807, 2.05) is 0 Å². The van der Waals surface area contributed by atoms with Crippen LogP contribution >= 0.6 is 11.6 Å². The van der Waals surface area contributed by atoms with Crippen molar-refractivity contribution in [1.29, 1.82) is 0 Å². The molecule has 108 valence electrons. The van der Waals surface area contributed by atoms with Crippen molar-refractivity contribution in [2.24, 2.45) is 0 Å². The Morgan fingerprint density at radius 1 is 1.50 bits per heavy atom. The van der Waals surface area contributed by atoms with E-state index in [1.165, 1.54) is 18.2 Å². The van der Waals surface area contributed by atoms with Crippen molar-refractivity contribution in [3.63, 3.8) is 0 Å². The average molecular weight is 299 g/mol. The number of carbonyl (C=O) groups is 1. The predicted octanol–water partition coefficient (Wildman–Crippen LogP) is 2.55. The van der Waals surface area contributed by atoms with Gasteiger partial charge in [-0.05, 0) is 25.3 Å². The molecule has 7 heteroatoms. The first kappa shape index (κ1) is 14.7. The summed E-state index contributed by atoms with van der Waals surface area (Å²) in [6.07, 6.45) is 3.03. The molecule has 1 amide bonds. The number of hydrogen-bond donors (Lipinski definition) is 1. The lowest BCUT2D eigenvalue weighted by Crippen LogP contribution is -2.35. The zero-order valence-electron chi connectivity index (χ0n) is 10.8. The van der Waals surface area contributed by atoms with Crippen LogP contribution in [-0.2, 0) is 4.74 Å². The Kier molecular flexibility index (Phi) is 4.92. The maximum absolute atomic E-state index is 12.0. The molecule has 0 aromatic heterocycles. The fourth-order valence-electron chi connectivity index (χ4n) is 2.11. The van der Waals surface area contributed by atoms with Gasteiger partial charge in [0, 0.05) is 19.2 Å². The van der Waals surface area contributed by atoms with Gasteiger partial charge in [-0.3, -0.25) is 14.9 Å². The van der Waals surface area contributed by atoms with Gasteiger partial charge in [0.05, 0.1) is 16.6 Å². The molecule has 0 bridgehead atoms. The molecule has 1 N–H and O–H groups in total. The van der Waals surface area contributed by atoms with Crippen molar-refractivity contribution in [3.8, 4) is 0 Å². The fourth-order valence-corrected chi connectivity index (χ4v) is 2.39. The number of carbonyl (C=O) groups excluding carboxylic acids is 1. The van der Waals surface area contributed by atoms with Crippen LogP contribution in [0.2, 0.25) is 5.02 Å². The first-order valence-corrected chi connectivity index (χ1v) is 6.80. The molecular formula is C13H15ClN2O4. The highest BCUT2D eigenvalue weighted by molar-refractivity contribution is 6.35. The van der Waals surface area contributed by atoms with Crippen LogP contribution in [0.25, 0.3) is 0 Å². The summed E-state index contributed by atoms with van der Waals surface area (Å²) in [4.78, 5) is 22.2. The van der Waals surface area contributed by atoms with Crippen LogP contribution in [0.5, 0.6) is 0 Å². The van der Waals surface area contributed by atoms with Gasteiger partial charge in [0.25, 0.3) is 11.6 Å². The second-order valence-corrected chi connectivity index (χ2v) is 4.97. The highest BCUT2D eigenvalue weighted by Crippen LogP contribution is 2.27. The van der Waals surface area contributed by atoms with Crippen molar-refractivity contribution in [1.82, 2.24) is 5.32 Å². The van der Waals surface area contributed by atoms with Crippen LogP contribution in [0.4, 0.5) is 5.69 Å². The number of hydrogen-bond acceptors (Lipinski definition) is 4. The van der Waals surface area contributed by atoms with E-state index >= 15 is 0 Å². The molecule has 1 fully saturated rings. The van der Waals surface area contributed by atoms with Crippen LogP contribution in [0.15, 0.2) is 18.2 Å². The monoisotopic (exact) mass is 298 g/mol. The van der Waals surface area contributed by atoms with Crippen molar-refractivity contribution in [3.05, 3.63) is 38.9 Å². The van der Waals surface area contributed by atoms with E-state index in [2.05, 4.69) is 5.32 Å². The molecule has 6 nitrogen and oxygen atoms in total. The molecule has 1 aromatic carbocycles. The standard InChI is InChI=1S/C13H15ClN2O4/c14-12-10(5-3-6-11(12)16(18)19)13(17)15-8-9-4-1-2-7-20-9/h3,5-6,9H,1-2,4,7-8H2,(H,15,17). The van der Waals surface area contributed by atoms with Gasteiger partial charge in [-0.15, -0.1) is 0 Å². The number of ether oxygens (including phenoxy) is 1. The largest absolute Gasteiger partial charge is 0.376 e. The second-order valence-electron chi connectivity index (χ2n) is 4.59. The van der Waals surface area contributed by atoms with Gasteiger partial charge in [-0.2, -0.15) is 0 Å². The van der Waals surface area contributed by atoms with Gasteiger partial charge in [0.2, 0.25) is 0 Å². The zero-order chi connectivity index (χ0) is 14.5. The van der Waals surface area contributed by atoms with Gasteiger partial charge >= 0.3 is 0 Å². The number of nitro groups is 1. The molecular weight excluding hydrogens is 284 g/mol. The van der Waals surface area contributed by atoms with E-state index in [0.717, 1.165) is 19.3 Å². The van der Waals surface area contributed by atoms with Crippen LogP contribution in [0, 0.1) is 10.1 Å². The van der Waals surface area contributed by atoms with Gasteiger partial charge in [0.15, 0.2) is 0 Å². The summed E-state index contributed by atoms with van der Waals surface area (Å²) in [7, 11) is 0. The molecule has 1 aliphatic heterocycles. The Hall–Kier alpha value is -1.66. The minimum absolute atomic E-state index is 0.00479. The highest BCUT2D eigenvalue weighted by atomic mass is 35.5. The average Bonchev–Trinajstić information content (AvgIpc) is 2.46. The van der Waals surface area contributed by atoms with Crippen molar-refractivity contribution >= 4 is 23.2 Å². The third-order valence-electron chi connectivity index (χ3n) is 3.18. The topological polar surface area (TPSA) is 81.5 Å². The highest BCUT2D eigenvalue weighted by Gasteiger charge is 2.21. The zero-order valence-corrected chi connectivity index (χ0v) is 11.6. The number of nitro benzene ring substituents is 1. The van der Waals surface area contributed by atoms with Crippen LogP contribution in [0.1, 0.15) is 29.6 Å². The summed E-state index contributed by atoms with van der Waals surface area (Å²) in [5, 5.41) is 13.3. The predicted molar refractivity (Wildman–Crippen MR) is 74.0 cm³/mol. The molecule has 1 unspecified atom stereocenters. The molecule has 1 saturated heterocycles. The molecule has 0 radical (unpaired) electrons. The van der Waals surface area contributed by atoms with Gasteiger partial charge < -0.3 is 10.1 Å². The number of nitrogens with zero attached hydrogens (tertiary/aromatic N) is 1. The molecule has 2 rings (SSSR count). The summed E-state index contributed by atoms with van der Waals surface area (Å²) in [6.45, 7) is 1.09. The Bertz CT molecular complexity index is 515. The van der Waals surface area contributed by atoms with E-state index in [-0.39, 0.29) is 22.4 Å². The summed E-state index contributed by atoms with van der Waals surface area (Å²) in [5.74, 6) is -0.423.